The van der Waals surface area contributed by atoms with Gasteiger partial charge in [0.05, 0.1) is 17.1 Å². The Labute approximate surface area is 206 Å². The largest absolute Gasteiger partial charge is 2.00 e. The number of nitrogens with zero attached hydrogens (tertiary/aromatic N) is 4. The van der Waals surface area contributed by atoms with Crippen LogP contribution in [0.1, 0.15) is 17.1 Å². The Morgan fingerprint density at radius 1 is 0.515 bits per heavy atom. The van der Waals surface area contributed by atoms with Gasteiger partial charge in [-0.25, -0.2) is 37.3 Å². The molecule has 3 aromatic rings. The van der Waals surface area contributed by atoms with Crippen LogP contribution in [0.4, 0.5) is 0 Å². The van der Waals surface area contributed by atoms with Crippen molar-refractivity contribution in [2.24, 2.45) is 0 Å². The molecule has 3 heterocycles. The molecule has 0 radical (unpaired) electrons. The molecule has 0 bridgehead atoms. The van der Waals surface area contributed by atoms with E-state index in [0.717, 1.165) is 36.7 Å². The first kappa shape index (κ1) is 31.3. The monoisotopic (exact) mass is 552 g/mol. The fourth-order valence-corrected chi connectivity index (χ4v) is 2.33. The number of hydrogen-bond donors (Lipinski definition) is 0. The first-order valence-corrected chi connectivity index (χ1v) is 11.0. The van der Waals surface area contributed by atoms with Crippen molar-refractivity contribution in [1.82, 2.24) is 19.9 Å². The van der Waals surface area contributed by atoms with Crippen LogP contribution in [0.3, 0.4) is 0 Å². The minimum atomic E-state index is -4.94. The van der Waals surface area contributed by atoms with Gasteiger partial charge in [0.15, 0.2) is 0 Å². The first-order chi connectivity index (χ1) is 14.9. The van der Waals surface area contributed by atoms with Gasteiger partial charge in [-0.05, 0) is 36.4 Å². The quantitative estimate of drug-likeness (QED) is 0.259. The second-order valence-electron chi connectivity index (χ2n) is 5.86. The second-order valence-corrected chi connectivity index (χ2v) is 7.38. The molecule has 0 saturated carbocycles. The summed E-state index contributed by atoms with van der Waals surface area (Å²) in [5, 5.41) is 0. The van der Waals surface area contributed by atoms with Crippen molar-refractivity contribution in [2.75, 3.05) is 0 Å². The third-order valence-corrected chi connectivity index (χ3v) is 3.34. The molecule has 174 valence electrons. The summed E-state index contributed by atoms with van der Waals surface area (Å²) in [7, 11) is -9.89. The van der Waals surface area contributed by atoms with Crippen LogP contribution in [0.2, 0.25) is 0 Å². The molecule has 3 rings (SSSR count). The molecule has 0 fully saturated rings. The molecule has 0 aliphatic rings. The summed E-state index contributed by atoms with van der Waals surface area (Å²) >= 11 is 0. The van der Waals surface area contributed by atoms with Crippen LogP contribution >= 0.6 is 0 Å². The maximum atomic E-state index is 8.49. The number of aromatic nitrogens is 3. The van der Waals surface area contributed by atoms with Crippen LogP contribution in [0.5, 0.6) is 0 Å². The smallest absolute Gasteiger partial charge is 0.286 e. The summed E-state index contributed by atoms with van der Waals surface area (Å²) in [4.78, 5) is 15.6. The Hall–Kier alpha value is -1.71. The Morgan fingerprint density at radius 2 is 0.758 bits per heavy atom. The fraction of sp³-hybridized carbons (Fsp3) is 0.167. The summed E-state index contributed by atoms with van der Waals surface area (Å²) in [6.07, 6.45) is 5.49. The molecule has 15 heteroatoms. The van der Waals surface area contributed by atoms with E-state index in [-0.39, 0.29) is 19.5 Å². The van der Waals surface area contributed by atoms with Crippen LogP contribution in [-0.2, 0) is 39.1 Å². The van der Waals surface area contributed by atoms with E-state index >= 15 is 0 Å². The zero-order valence-electron chi connectivity index (χ0n) is 17.1. The predicted octanol–water partition coefficient (Wildman–Crippen LogP) is -6.44. The van der Waals surface area contributed by atoms with E-state index in [9.17, 15) is 0 Å². The van der Waals surface area contributed by atoms with Crippen molar-refractivity contribution in [3.8, 4) is 0 Å². The van der Waals surface area contributed by atoms with Crippen LogP contribution in [0, 0.1) is 20.5 Å². The maximum absolute atomic E-state index is 8.49. The van der Waals surface area contributed by atoms with Crippen molar-refractivity contribution in [2.45, 2.75) is 19.6 Å². The molecular formula is C18H18Cl2N4O8Zn. The molecule has 0 aromatic carbocycles. The number of hydrogen-bond acceptors (Lipinski definition) is 12. The van der Waals surface area contributed by atoms with Crippen molar-refractivity contribution in [3.05, 3.63) is 90.3 Å². The zero-order valence-corrected chi connectivity index (χ0v) is 21.5. The van der Waals surface area contributed by atoms with Gasteiger partial charge < -0.3 is 0 Å². The van der Waals surface area contributed by atoms with Gasteiger partial charge in [-0.15, -0.1) is 20.5 Å². The molecule has 0 aliphatic heterocycles. The SMILES string of the molecule is [O-][Cl+3]([O-])([O-])[O-].[O-][Cl+3]([O-])([O-])[O-].[Zn+2].c1ccc(CN(Cc2ccccn2)Cc2ccccn2)nc1. The molecule has 0 unspecified atom stereocenters. The van der Waals surface area contributed by atoms with Gasteiger partial charge in [0.25, 0.3) is 0 Å². The van der Waals surface area contributed by atoms with Crippen molar-refractivity contribution in [3.63, 3.8) is 0 Å². The minimum Gasteiger partial charge on any atom is -0.286 e. The van der Waals surface area contributed by atoms with Crippen LogP contribution < -0.4 is 37.3 Å². The summed E-state index contributed by atoms with van der Waals surface area (Å²) in [5.41, 5.74) is 3.15. The molecule has 0 saturated heterocycles. The van der Waals surface area contributed by atoms with E-state index in [4.69, 9.17) is 37.3 Å². The average molecular weight is 555 g/mol. The summed E-state index contributed by atoms with van der Waals surface area (Å²) < 4.78 is 67.9. The fourth-order valence-electron chi connectivity index (χ4n) is 2.33. The normalized spacial score (nSPS) is 10.8. The standard InChI is InChI=1S/C18H18N4.2ClHO4.Zn/c1-4-10-19-16(7-1)13-22(14-17-8-2-5-11-20-17)15-18-9-3-6-12-21-18;2*2-1(3,4)5;/h1-12H,13-15H2;2*(H,2,3,4,5);/q;;;+2/p-2. The molecule has 0 aliphatic carbocycles. The molecule has 0 atom stereocenters. The van der Waals surface area contributed by atoms with E-state index in [0.29, 0.717) is 0 Å². The topological polar surface area (TPSA) is 226 Å². The van der Waals surface area contributed by atoms with Crippen LogP contribution in [0.15, 0.2) is 73.2 Å². The number of rotatable bonds is 6. The summed E-state index contributed by atoms with van der Waals surface area (Å²) in [6.45, 7) is 2.32. The number of pyridine rings is 3. The third-order valence-electron chi connectivity index (χ3n) is 3.34. The minimum absolute atomic E-state index is 0. The van der Waals surface area contributed by atoms with Gasteiger partial charge in [-0.1, -0.05) is 18.2 Å². The number of halogens is 2. The molecule has 3 aromatic heterocycles. The molecule has 12 nitrogen and oxygen atoms in total. The van der Waals surface area contributed by atoms with Gasteiger partial charge in [-0.3, -0.25) is 19.9 Å². The molecule has 33 heavy (non-hydrogen) atoms. The van der Waals surface area contributed by atoms with Crippen LogP contribution in [-0.4, -0.2) is 19.9 Å². The molecule has 0 spiro atoms. The van der Waals surface area contributed by atoms with Crippen molar-refractivity contribution >= 4 is 0 Å². The third kappa shape index (κ3) is 20.6. The first-order valence-electron chi connectivity index (χ1n) is 8.56. The Balaban J connectivity index is 0.000000790. The summed E-state index contributed by atoms with van der Waals surface area (Å²) in [6, 6.07) is 18.0. The summed E-state index contributed by atoms with van der Waals surface area (Å²) in [5.74, 6) is 0. The Bertz CT molecular complexity index is 753. The van der Waals surface area contributed by atoms with Gasteiger partial charge in [0.2, 0.25) is 0 Å². The van der Waals surface area contributed by atoms with E-state index in [1.165, 1.54) is 0 Å². The second kappa shape index (κ2) is 16.0. The molecular weight excluding hydrogens is 537 g/mol. The Morgan fingerprint density at radius 3 is 0.939 bits per heavy atom. The van der Waals surface area contributed by atoms with Crippen molar-refractivity contribution in [1.29, 1.82) is 0 Å². The van der Waals surface area contributed by atoms with Gasteiger partial charge >= 0.3 is 19.5 Å². The zero-order chi connectivity index (χ0) is 24.0. The molecule has 0 N–H and O–H groups in total. The average Bonchev–Trinajstić information content (AvgIpc) is 2.68. The van der Waals surface area contributed by atoms with E-state index < -0.39 is 20.5 Å². The van der Waals surface area contributed by atoms with Crippen LogP contribution in [0.25, 0.3) is 0 Å². The van der Waals surface area contributed by atoms with E-state index in [1.54, 1.807) is 0 Å². The van der Waals surface area contributed by atoms with E-state index in [2.05, 4.69) is 19.9 Å². The van der Waals surface area contributed by atoms with E-state index in [1.807, 2.05) is 73.2 Å². The van der Waals surface area contributed by atoms with Gasteiger partial charge in [0, 0.05) is 38.2 Å². The van der Waals surface area contributed by atoms with Gasteiger partial charge in [0.1, 0.15) is 0 Å². The Kier molecular flexibility index (Phi) is 15.2. The molecule has 0 amide bonds. The maximum Gasteiger partial charge on any atom is 2.00 e. The van der Waals surface area contributed by atoms with Gasteiger partial charge in [-0.2, -0.15) is 0 Å². The predicted molar refractivity (Wildman–Crippen MR) is 85.7 cm³/mol. The van der Waals surface area contributed by atoms with Crippen molar-refractivity contribution < 1.29 is 77.2 Å².